The van der Waals surface area contributed by atoms with Gasteiger partial charge in [0.1, 0.15) is 18.1 Å². The third-order valence-corrected chi connectivity index (χ3v) is 6.92. The monoisotopic (exact) mass is 577 g/mol. The Kier molecular flexibility index (Phi) is 7.52. The average Bonchev–Trinajstić information content (AvgIpc) is 3.52. The molecule has 0 spiro atoms. The van der Waals surface area contributed by atoms with Crippen molar-refractivity contribution < 1.29 is 18.7 Å². The molecule has 38 heavy (non-hydrogen) atoms. The van der Waals surface area contributed by atoms with E-state index in [1.807, 2.05) is 48.7 Å². The molecule has 1 fully saturated rings. The minimum atomic E-state index is -0.647. The molecule has 194 valence electrons. The van der Waals surface area contributed by atoms with E-state index >= 15 is 0 Å². The highest BCUT2D eigenvalue weighted by atomic mass is 79.9. The molecule has 2 N–H and O–H groups in total. The second kappa shape index (κ2) is 11.2. The molecule has 1 saturated heterocycles. The van der Waals surface area contributed by atoms with Gasteiger partial charge in [-0.25, -0.2) is 9.07 Å². The smallest absolute Gasteiger partial charge is 0.250 e. The standard InChI is InChI=1S/C28H25BrFN5O3/c1-31-25-14-18(2-11-24(25)32-17-36)12-13-34-26(37)16-38-28(34)23-15-35(22-9-5-20(29)6-10-22)33-27(23)19-3-7-21(30)8-4-19/h2-11,14-15,17,28,31H,12-13,16H2,1H3,(H,32,36)/t28-/m0/s1. The molecule has 0 aliphatic carbocycles. The largest absolute Gasteiger partial charge is 0.386 e. The number of rotatable bonds is 9. The van der Waals surface area contributed by atoms with Crippen LogP contribution < -0.4 is 10.6 Å². The fourth-order valence-corrected chi connectivity index (χ4v) is 4.74. The third-order valence-electron chi connectivity index (χ3n) is 6.39. The zero-order valence-electron chi connectivity index (χ0n) is 20.5. The highest BCUT2D eigenvalue weighted by Crippen LogP contribution is 2.36. The lowest BCUT2D eigenvalue weighted by atomic mass is 10.1. The molecule has 8 nitrogen and oxygen atoms in total. The van der Waals surface area contributed by atoms with E-state index < -0.39 is 6.23 Å². The van der Waals surface area contributed by atoms with Crippen LogP contribution in [0.25, 0.3) is 16.9 Å². The minimum Gasteiger partial charge on any atom is -0.386 e. The van der Waals surface area contributed by atoms with E-state index in [0.29, 0.717) is 36.3 Å². The quantitative estimate of drug-likeness (QED) is 0.268. The van der Waals surface area contributed by atoms with Crippen LogP contribution in [0.15, 0.2) is 77.4 Å². The van der Waals surface area contributed by atoms with Crippen LogP contribution in [0.1, 0.15) is 17.4 Å². The molecule has 0 bridgehead atoms. The summed E-state index contributed by atoms with van der Waals surface area (Å²) in [6, 6.07) is 19.5. The summed E-state index contributed by atoms with van der Waals surface area (Å²) < 4.78 is 22.3. The molecule has 0 unspecified atom stereocenters. The van der Waals surface area contributed by atoms with Gasteiger partial charge in [-0.3, -0.25) is 9.59 Å². The van der Waals surface area contributed by atoms with E-state index in [9.17, 15) is 14.0 Å². The molecule has 1 atom stereocenters. The number of hydrogen-bond donors (Lipinski definition) is 2. The lowest BCUT2D eigenvalue weighted by molar-refractivity contribution is -0.128. The van der Waals surface area contributed by atoms with Gasteiger partial charge in [0.15, 0.2) is 6.23 Å². The van der Waals surface area contributed by atoms with Crippen molar-refractivity contribution in [3.63, 3.8) is 0 Å². The van der Waals surface area contributed by atoms with Crippen LogP contribution >= 0.6 is 15.9 Å². The maximum atomic E-state index is 13.7. The SMILES string of the molecule is CNc1cc(CCN2C(=O)CO[C@H]2c2cn(-c3ccc(Br)cc3)nc2-c2ccc(F)cc2)ccc1NC=O. The van der Waals surface area contributed by atoms with Gasteiger partial charge in [-0.15, -0.1) is 0 Å². The van der Waals surface area contributed by atoms with E-state index in [2.05, 4.69) is 26.6 Å². The zero-order chi connectivity index (χ0) is 26.6. The van der Waals surface area contributed by atoms with E-state index in [1.54, 1.807) is 28.8 Å². The molecule has 2 heterocycles. The van der Waals surface area contributed by atoms with E-state index in [-0.39, 0.29) is 18.3 Å². The van der Waals surface area contributed by atoms with Crippen molar-refractivity contribution in [3.05, 3.63) is 94.3 Å². The maximum Gasteiger partial charge on any atom is 0.250 e. The lowest BCUT2D eigenvalue weighted by Crippen LogP contribution is -2.30. The molecular weight excluding hydrogens is 553 g/mol. The number of amides is 2. The van der Waals surface area contributed by atoms with Crippen molar-refractivity contribution in [3.8, 4) is 16.9 Å². The fraction of sp³-hybridized carbons (Fsp3) is 0.179. The minimum absolute atomic E-state index is 0.0407. The Balaban J connectivity index is 1.46. The fourth-order valence-electron chi connectivity index (χ4n) is 4.47. The number of aromatic nitrogens is 2. The number of nitrogens with one attached hydrogen (secondary N) is 2. The average molecular weight is 578 g/mol. The maximum absolute atomic E-state index is 13.7. The van der Waals surface area contributed by atoms with Gasteiger partial charge in [-0.2, -0.15) is 5.10 Å². The molecule has 1 aliphatic rings. The summed E-state index contributed by atoms with van der Waals surface area (Å²) >= 11 is 3.45. The molecule has 1 aromatic heterocycles. The second-order valence-corrected chi connectivity index (χ2v) is 9.67. The van der Waals surface area contributed by atoms with Crippen LogP contribution in [0.4, 0.5) is 15.8 Å². The van der Waals surface area contributed by atoms with E-state index in [1.165, 1.54) is 12.1 Å². The Morgan fingerprint density at radius 1 is 1.11 bits per heavy atom. The number of benzene rings is 3. The molecule has 3 aromatic carbocycles. The van der Waals surface area contributed by atoms with Crippen LogP contribution in [-0.4, -0.2) is 47.2 Å². The highest BCUT2D eigenvalue weighted by molar-refractivity contribution is 9.10. The van der Waals surface area contributed by atoms with Gasteiger partial charge in [0.25, 0.3) is 5.91 Å². The van der Waals surface area contributed by atoms with Gasteiger partial charge in [-0.1, -0.05) is 22.0 Å². The zero-order valence-corrected chi connectivity index (χ0v) is 22.1. The van der Waals surface area contributed by atoms with Gasteiger partial charge < -0.3 is 20.3 Å². The third kappa shape index (κ3) is 5.32. The van der Waals surface area contributed by atoms with Gasteiger partial charge in [0.05, 0.1) is 17.1 Å². The van der Waals surface area contributed by atoms with E-state index in [0.717, 1.165) is 27.0 Å². The summed E-state index contributed by atoms with van der Waals surface area (Å²) in [6.45, 7) is 0.375. The molecule has 0 saturated carbocycles. The number of nitrogens with zero attached hydrogens (tertiary/aromatic N) is 3. The Morgan fingerprint density at radius 3 is 2.58 bits per heavy atom. The number of carbonyl (C=O) groups is 2. The molecule has 10 heteroatoms. The molecule has 4 aromatic rings. The highest BCUT2D eigenvalue weighted by Gasteiger charge is 2.36. The Morgan fingerprint density at radius 2 is 1.87 bits per heavy atom. The number of hydrogen-bond acceptors (Lipinski definition) is 5. The van der Waals surface area contributed by atoms with Crippen molar-refractivity contribution in [2.75, 3.05) is 30.8 Å². The van der Waals surface area contributed by atoms with Crippen molar-refractivity contribution >= 4 is 39.6 Å². The molecular formula is C28H25BrFN5O3. The lowest BCUT2D eigenvalue weighted by Gasteiger charge is -2.23. The Hall–Kier alpha value is -4.02. The van der Waals surface area contributed by atoms with Crippen molar-refractivity contribution in [1.82, 2.24) is 14.7 Å². The summed E-state index contributed by atoms with van der Waals surface area (Å²) in [6.07, 6.45) is 2.42. The number of ether oxygens (including phenoxy) is 1. The van der Waals surface area contributed by atoms with E-state index in [4.69, 9.17) is 9.84 Å². The summed E-state index contributed by atoms with van der Waals surface area (Å²) in [5.74, 6) is -0.462. The summed E-state index contributed by atoms with van der Waals surface area (Å²) in [5.41, 5.74) is 5.33. The van der Waals surface area contributed by atoms with Crippen LogP contribution in [0, 0.1) is 5.82 Å². The van der Waals surface area contributed by atoms with Gasteiger partial charge >= 0.3 is 0 Å². The normalized spacial score (nSPS) is 15.1. The van der Waals surface area contributed by atoms with Crippen molar-refractivity contribution in [2.45, 2.75) is 12.6 Å². The number of halogens is 2. The number of anilines is 2. The first-order chi connectivity index (χ1) is 18.5. The topological polar surface area (TPSA) is 88.5 Å². The van der Waals surface area contributed by atoms with Crippen LogP contribution in [0.3, 0.4) is 0 Å². The first kappa shape index (κ1) is 25.6. The molecule has 5 rings (SSSR count). The summed E-state index contributed by atoms with van der Waals surface area (Å²) in [4.78, 5) is 25.5. The van der Waals surface area contributed by atoms with Crippen LogP contribution in [0.5, 0.6) is 0 Å². The predicted octanol–water partition coefficient (Wildman–Crippen LogP) is 5.15. The van der Waals surface area contributed by atoms with Gasteiger partial charge in [0, 0.05) is 35.4 Å². The Labute approximate surface area is 227 Å². The summed E-state index contributed by atoms with van der Waals surface area (Å²) in [7, 11) is 1.78. The van der Waals surface area contributed by atoms with Crippen LogP contribution in [-0.2, 0) is 20.7 Å². The summed E-state index contributed by atoms with van der Waals surface area (Å²) in [5, 5.41) is 10.5. The van der Waals surface area contributed by atoms with Gasteiger partial charge in [0.2, 0.25) is 6.41 Å². The molecule has 1 aliphatic heterocycles. The first-order valence-corrected chi connectivity index (χ1v) is 12.8. The molecule has 0 radical (unpaired) electrons. The van der Waals surface area contributed by atoms with Crippen molar-refractivity contribution in [2.24, 2.45) is 0 Å². The van der Waals surface area contributed by atoms with Gasteiger partial charge in [-0.05, 0) is 72.6 Å². The second-order valence-electron chi connectivity index (χ2n) is 8.75. The molecule has 2 amide bonds. The van der Waals surface area contributed by atoms with Crippen LogP contribution in [0.2, 0.25) is 0 Å². The Bertz CT molecular complexity index is 1460. The number of carbonyl (C=O) groups excluding carboxylic acids is 2. The predicted molar refractivity (Wildman–Crippen MR) is 146 cm³/mol. The van der Waals surface area contributed by atoms with Crippen molar-refractivity contribution in [1.29, 1.82) is 0 Å². The first-order valence-electron chi connectivity index (χ1n) is 12.0.